The Bertz CT molecular complexity index is 362. The molecular weight excluding hydrogens is 412 g/mol. The third kappa shape index (κ3) is 1.87. The molecule has 1 aliphatic heterocycles. The molecule has 1 aliphatic rings. The van der Waals surface area contributed by atoms with Crippen LogP contribution in [0.4, 0.5) is 0 Å². The van der Waals surface area contributed by atoms with Crippen LogP contribution in [-0.2, 0) is 0 Å². The van der Waals surface area contributed by atoms with Gasteiger partial charge in [-0.25, -0.2) is 0 Å². The van der Waals surface area contributed by atoms with E-state index in [1.807, 2.05) is 18.2 Å². The van der Waals surface area contributed by atoms with Crippen molar-refractivity contribution in [3.63, 3.8) is 0 Å². The molecule has 2 rings (SSSR count). The number of carbonyl (C=O) groups is 1. The van der Waals surface area contributed by atoms with E-state index in [1.165, 1.54) is 3.61 Å². The monoisotopic (exact) mass is 420 g/mol. The molecule has 1 aromatic rings. The molecule has 13 heavy (non-hydrogen) atoms. The summed E-state index contributed by atoms with van der Waals surface area (Å²) in [6.45, 7) is 0. The van der Waals surface area contributed by atoms with Crippen LogP contribution >= 0.6 is 25.5 Å². The van der Waals surface area contributed by atoms with Gasteiger partial charge in [-0.15, -0.1) is 0 Å². The molecule has 0 aromatic heterocycles. The van der Waals surface area contributed by atoms with Crippen LogP contribution in [0.1, 0.15) is 16.8 Å². The zero-order chi connectivity index (χ0) is 9.47. The Balaban J connectivity index is 2.61. The van der Waals surface area contributed by atoms with Crippen molar-refractivity contribution < 1.29 is 4.79 Å². The van der Waals surface area contributed by atoms with Gasteiger partial charge in [0.05, 0.1) is 0 Å². The van der Waals surface area contributed by atoms with E-state index in [0.717, 1.165) is 10.0 Å². The zero-order valence-corrected chi connectivity index (χ0v) is 12.3. The molecule has 0 atom stereocenters. The second kappa shape index (κ2) is 3.66. The molecule has 1 heterocycles. The molecule has 1 nitrogen and oxygen atoms in total. The predicted octanol–water partition coefficient (Wildman–Crippen LogP) is 2.71. The third-order valence-corrected chi connectivity index (χ3v) is 16.0. The predicted molar refractivity (Wildman–Crippen MR) is 63.4 cm³/mol. The van der Waals surface area contributed by atoms with Gasteiger partial charge in [-0.1, -0.05) is 0 Å². The first-order valence-electron chi connectivity index (χ1n) is 3.94. The van der Waals surface area contributed by atoms with E-state index >= 15 is 0 Å². The second-order valence-electron chi connectivity index (χ2n) is 2.95. The van der Waals surface area contributed by atoms with Crippen LogP contribution in [0.5, 0.6) is 0 Å². The van der Waals surface area contributed by atoms with Gasteiger partial charge in [0.2, 0.25) is 0 Å². The van der Waals surface area contributed by atoms with E-state index in [2.05, 4.69) is 31.6 Å². The van der Waals surface area contributed by atoms with Crippen LogP contribution in [0.2, 0.25) is 4.47 Å². The van der Waals surface area contributed by atoms with Crippen molar-refractivity contribution in [2.45, 2.75) is 10.9 Å². The van der Waals surface area contributed by atoms with Crippen LogP contribution in [0, 0.1) is 0 Å². The van der Waals surface area contributed by atoms with Gasteiger partial charge in [-0.05, 0) is 0 Å². The van der Waals surface area contributed by atoms with E-state index < -0.39 is 13.8 Å². The molecule has 0 unspecified atom stereocenters. The number of hydrogen-bond acceptors (Lipinski definition) is 1. The van der Waals surface area contributed by atoms with Crippen LogP contribution < -0.4 is 3.61 Å². The van der Waals surface area contributed by atoms with Crippen LogP contribution in [0.3, 0.4) is 0 Å². The fraction of sp³-hybridized carbons (Fsp3) is 0.222. The number of Topliss-reactive ketones (excluding diaryl/α,β-unsaturated/α-hetero) is 1. The molecule has 0 saturated carbocycles. The molecule has 0 spiro atoms. The second-order valence-corrected chi connectivity index (χ2v) is 29.3. The summed E-state index contributed by atoms with van der Waals surface area (Å²) in [5.74, 6) is 0.288. The Kier molecular flexibility index (Phi) is 2.86. The maximum absolute atomic E-state index is 11.6. The molecule has 1 aromatic carbocycles. The van der Waals surface area contributed by atoms with E-state index in [1.54, 1.807) is 0 Å². The molecule has 0 saturated heterocycles. The summed E-state index contributed by atoms with van der Waals surface area (Å²) in [7, 11) is 0. The van der Waals surface area contributed by atoms with Crippen molar-refractivity contribution in [1.82, 2.24) is 0 Å². The van der Waals surface area contributed by atoms with Gasteiger partial charge in [0.15, 0.2) is 0 Å². The van der Waals surface area contributed by atoms with Crippen LogP contribution in [0.15, 0.2) is 24.3 Å². The van der Waals surface area contributed by atoms with Gasteiger partial charge >= 0.3 is 94.2 Å². The van der Waals surface area contributed by atoms with E-state index in [4.69, 9.17) is 0 Å². The maximum atomic E-state index is 11.6. The molecule has 70 valence electrons. The Morgan fingerprint density at radius 3 is 2.62 bits per heavy atom. The van der Waals surface area contributed by atoms with Crippen molar-refractivity contribution in [2.24, 2.45) is 0 Å². The van der Waals surface area contributed by atoms with Gasteiger partial charge in [0, 0.05) is 0 Å². The molecule has 0 radical (unpaired) electrons. The van der Waals surface area contributed by atoms with Crippen molar-refractivity contribution in [3.05, 3.63) is 29.8 Å². The quantitative estimate of drug-likeness (QED) is 0.591. The molecular formula is C9H8Br2OTe. The molecule has 4 heteroatoms. The Morgan fingerprint density at radius 2 is 1.92 bits per heavy atom. The van der Waals surface area contributed by atoms with Gasteiger partial charge in [-0.3, -0.25) is 0 Å². The average molecular weight is 420 g/mol. The molecule has 0 fully saturated rings. The molecule has 0 N–H and O–H groups in total. The number of fused-ring (bicyclic) bond motifs is 1. The summed E-state index contributed by atoms with van der Waals surface area (Å²) < 4.78 is 2.24. The number of halogens is 2. The SMILES string of the molecule is O=C1CC[Te](Br)(Br)c2ccccc21. The summed E-state index contributed by atoms with van der Waals surface area (Å²) >= 11 is 5.37. The number of hydrogen-bond donors (Lipinski definition) is 0. The Labute approximate surface area is 93.3 Å². The third-order valence-electron chi connectivity index (χ3n) is 2.09. The van der Waals surface area contributed by atoms with Gasteiger partial charge in [-0.2, -0.15) is 0 Å². The van der Waals surface area contributed by atoms with Crippen molar-refractivity contribution in [2.75, 3.05) is 0 Å². The standard InChI is InChI=1S/C9H8Br2OTe/c10-13(11)6-5-8(12)7-3-1-2-4-9(7)13/h1-4H,5-6H2. The minimum atomic E-state index is -2.18. The first kappa shape index (κ1) is 10.2. The summed E-state index contributed by atoms with van der Waals surface area (Å²) in [5, 5.41) is 0. The van der Waals surface area contributed by atoms with E-state index in [0.29, 0.717) is 6.42 Å². The summed E-state index contributed by atoms with van der Waals surface area (Å²) in [6, 6.07) is 7.93. The van der Waals surface area contributed by atoms with Gasteiger partial charge in [0.1, 0.15) is 0 Å². The zero-order valence-electron chi connectivity index (χ0n) is 6.80. The molecule has 0 bridgehead atoms. The number of benzene rings is 1. The van der Waals surface area contributed by atoms with Crippen LogP contribution in [-0.4, -0.2) is 19.5 Å². The molecule has 0 amide bonds. The number of rotatable bonds is 0. The van der Waals surface area contributed by atoms with Crippen molar-refractivity contribution >= 4 is 48.7 Å². The fourth-order valence-corrected chi connectivity index (χ4v) is 11.5. The number of carbonyl (C=O) groups excluding carboxylic acids is 1. The average Bonchev–Trinajstić information content (AvgIpc) is 2.13. The van der Waals surface area contributed by atoms with Crippen LogP contribution in [0.25, 0.3) is 0 Å². The van der Waals surface area contributed by atoms with E-state index in [-0.39, 0.29) is 5.78 Å². The fourth-order valence-electron chi connectivity index (χ4n) is 1.42. The summed E-state index contributed by atoms with van der Waals surface area (Å²) in [5.41, 5.74) is 0.920. The van der Waals surface area contributed by atoms with Gasteiger partial charge < -0.3 is 0 Å². The summed E-state index contributed by atoms with van der Waals surface area (Å²) in [6.07, 6.45) is 0.689. The van der Waals surface area contributed by atoms with E-state index in [9.17, 15) is 4.79 Å². The van der Waals surface area contributed by atoms with Crippen molar-refractivity contribution in [1.29, 1.82) is 0 Å². The summed E-state index contributed by atoms with van der Waals surface area (Å²) in [4.78, 5) is 11.6. The first-order chi connectivity index (χ1) is 6.11. The normalized spacial score (nSPS) is 22.2. The van der Waals surface area contributed by atoms with Crippen molar-refractivity contribution in [3.8, 4) is 0 Å². The number of ketones is 1. The van der Waals surface area contributed by atoms with Gasteiger partial charge in [0.25, 0.3) is 0 Å². The minimum absolute atomic E-state index is 0.288. The first-order valence-corrected chi connectivity index (χ1v) is 17.2. The topological polar surface area (TPSA) is 17.1 Å². The Hall–Kier alpha value is 0.640. The Morgan fingerprint density at radius 1 is 1.23 bits per heavy atom. The molecule has 0 aliphatic carbocycles.